The highest BCUT2D eigenvalue weighted by Gasteiger charge is 2.30. The molecule has 0 radical (unpaired) electrons. The molecule has 0 aromatic carbocycles. The second kappa shape index (κ2) is 7.40. The van der Waals surface area contributed by atoms with Gasteiger partial charge >= 0.3 is 0 Å². The van der Waals surface area contributed by atoms with Gasteiger partial charge in [-0.25, -0.2) is 0 Å². The highest BCUT2D eigenvalue weighted by Crippen LogP contribution is 2.34. The van der Waals surface area contributed by atoms with Gasteiger partial charge in [0.05, 0.1) is 11.6 Å². The first-order valence-electron chi connectivity index (χ1n) is 9.10. The molecule has 1 aliphatic heterocycles. The number of aryl methyl sites for hydroxylation is 1. The summed E-state index contributed by atoms with van der Waals surface area (Å²) in [5.41, 5.74) is 2.17. The van der Waals surface area contributed by atoms with Crippen molar-refractivity contribution in [1.82, 2.24) is 14.5 Å². The topological polar surface area (TPSA) is 58.4 Å². The minimum Gasteiger partial charge on any atom is -0.507 e. The minimum absolute atomic E-state index is 0.0904. The van der Waals surface area contributed by atoms with Crippen LogP contribution in [0.25, 0.3) is 0 Å². The second-order valence-corrected chi connectivity index (χ2v) is 7.04. The Kier molecular flexibility index (Phi) is 5.23. The van der Waals surface area contributed by atoms with Crippen molar-refractivity contribution in [1.29, 1.82) is 0 Å². The van der Waals surface area contributed by atoms with Crippen LogP contribution >= 0.6 is 0 Å². The van der Waals surface area contributed by atoms with Gasteiger partial charge in [-0.2, -0.15) is 0 Å². The zero-order chi connectivity index (χ0) is 18.0. The molecule has 0 saturated carbocycles. The first-order valence-corrected chi connectivity index (χ1v) is 9.10. The molecule has 3 heterocycles. The zero-order valence-corrected chi connectivity index (χ0v) is 15.3. The highest BCUT2D eigenvalue weighted by molar-refractivity contribution is 5.40. The fraction of sp³-hybridized carbons (Fsp3) is 0.500. The van der Waals surface area contributed by atoms with Gasteiger partial charge in [0.15, 0.2) is 0 Å². The summed E-state index contributed by atoms with van der Waals surface area (Å²) < 4.78 is 1.73. The van der Waals surface area contributed by atoms with Crippen LogP contribution in [0.5, 0.6) is 5.75 Å². The molecular formula is C20H27N3O2. The molecule has 3 rings (SSSR count). The zero-order valence-electron chi connectivity index (χ0n) is 15.3. The Labute approximate surface area is 148 Å². The van der Waals surface area contributed by atoms with Crippen LogP contribution in [0.2, 0.25) is 0 Å². The van der Waals surface area contributed by atoms with Crippen LogP contribution in [0.4, 0.5) is 0 Å². The molecule has 1 fully saturated rings. The lowest BCUT2D eigenvalue weighted by molar-refractivity contribution is 0.154. The predicted molar refractivity (Wildman–Crippen MR) is 98.8 cm³/mol. The molecule has 1 atom stereocenters. The molecule has 5 nitrogen and oxygen atoms in total. The molecule has 5 heteroatoms. The number of hydrogen-bond acceptors (Lipinski definition) is 4. The lowest BCUT2D eigenvalue weighted by Gasteiger charge is -2.37. The third-order valence-corrected chi connectivity index (χ3v) is 5.32. The number of hydrogen-bond donors (Lipinski definition) is 1. The number of aromatic hydroxyl groups is 1. The van der Waals surface area contributed by atoms with Crippen molar-refractivity contribution < 1.29 is 5.11 Å². The van der Waals surface area contributed by atoms with E-state index in [0.717, 1.165) is 37.2 Å². The van der Waals surface area contributed by atoms with Crippen molar-refractivity contribution in [2.45, 2.75) is 46.2 Å². The van der Waals surface area contributed by atoms with Crippen molar-refractivity contribution in [2.24, 2.45) is 5.92 Å². The Morgan fingerprint density at radius 3 is 2.52 bits per heavy atom. The van der Waals surface area contributed by atoms with Crippen LogP contribution in [0, 0.1) is 12.8 Å². The van der Waals surface area contributed by atoms with Crippen LogP contribution in [0.15, 0.2) is 35.4 Å². The Balaban J connectivity index is 2.14. The van der Waals surface area contributed by atoms with Gasteiger partial charge in [-0.1, -0.05) is 6.92 Å². The molecule has 0 unspecified atom stereocenters. The Morgan fingerprint density at radius 1 is 1.28 bits per heavy atom. The molecule has 25 heavy (non-hydrogen) atoms. The van der Waals surface area contributed by atoms with E-state index < -0.39 is 0 Å². The maximum Gasteiger partial charge on any atom is 0.259 e. The molecular weight excluding hydrogens is 314 g/mol. The van der Waals surface area contributed by atoms with Crippen molar-refractivity contribution in [3.8, 4) is 5.75 Å². The number of pyridine rings is 2. The van der Waals surface area contributed by atoms with Crippen LogP contribution in [-0.4, -0.2) is 32.6 Å². The van der Waals surface area contributed by atoms with E-state index in [4.69, 9.17) is 0 Å². The van der Waals surface area contributed by atoms with Gasteiger partial charge in [-0.3, -0.25) is 14.7 Å². The summed E-state index contributed by atoms with van der Waals surface area (Å²) in [6, 6.07) is 5.36. The van der Waals surface area contributed by atoms with Gasteiger partial charge in [-0.15, -0.1) is 0 Å². The van der Waals surface area contributed by atoms with Crippen molar-refractivity contribution in [3.05, 3.63) is 57.8 Å². The fourth-order valence-electron chi connectivity index (χ4n) is 3.81. The number of rotatable bonds is 4. The quantitative estimate of drug-likeness (QED) is 0.928. The molecule has 0 spiro atoms. The third-order valence-electron chi connectivity index (χ3n) is 5.32. The average molecular weight is 341 g/mol. The van der Waals surface area contributed by atoms with E-state index in [1.165, 1.54) is 0 Å². The Hall–Kier alpha value is -2.14. The monoisotopic (exact) mass is 341 g/mol. The summed E-state index contributed by atoms with van der Waals surface area (Å²) >= 11 is 0. The molecule has 2 aromatic rings. The van der Waals surface area contributed by atoms with Crippen LogP contribution < -0.4 is 5.56 Å². The lowest BCUT2D eigenvalue weighted by atomic mass is 9.92. The van der Waals surface area contributed by atoms with E-state index in [1.807, 2.05) is 26.0 Å². The van der Waals surface area contributed by atoms with E-state index in [2.05, 4.69) is 16.8 Å². The second-order valence-electron chi connectivity index (χ2n) is 7.04. The van der Waals surface area contributed by atoms with E-state index in [0.29, 0.717) is 18.0 Å². The average Bonchev–Trinajstić information content (AvgIpc) is 2.60. The fourth-order valence-corrected chi connectivity index (χ4v) is 3.81. The van der Waals surface area contributed by atoms with Gasteiger partial charge in [-0.05, 0) is 69.5 Å². The summed E-state index contributed by atoms with van der Waals surface area (Å²) in [4.78, 5) is 19.6. The lowest BCUT2D eigenvalue weighted by Crippen LogP contribution is -2.40. The maximum absolute atomic E-state index is 13.1. The smallest absolute Gasteiger partial charge is 0.259 e. The molecule has 1 N–H and O–H groups in total. The Bertz CT molecular complexity index is 778. The maximum atomic E-state index is 13.1. The van der Waals surface area contributed by atoms with E-state index in [1.54, 1.807) is 23.0 Å². The predicted octanol–water partition coefficient (Wildman–Crippen LogP) is 3.10. The first-order chi connectivity index (χ1) is 12.0. The van der Waals surface area contributed by atoms with Gasteiger partial charge < -0.3 is 9.67 Å². The molecule has 0 bridgehead atoms. The summed E-state index contributed by atoms with van der Waals surface area (Å²) in [6.07, 6.45) is 5.71. The molecule has 0 amide bonds. The number of nitrogens with zero attached hydrogens (tertiary/aromatic N) is 3. The van der Waals surface area contributed by atoms with Crippen LogP contribution in [0.3, 0.4) is 0 Å². The molecule has 134 valence electrons. The van der Waals surface area contributed by atoms with E-state index in [-0.39, 0.29) is 17.4 Å². The van der Waals surface area contributed by atoms with Gasteiger partial charge in [0, 0.05) is 24.6 Å². The summed E-state index contributed by atoms with van der Waals surface area (Å²) in [5.74, 6) is 0.792. The minimum atomic E-state index is -0.235. The van der Waals surface area contributed by atoms with Crippen molar-refractivity contribution >= 4 is 0 Å². The number of likely N-dealkylation sites (tertiary alicyclic amines) is 1. The number of aromatic nitrogens is 2. The van der Waals surface area contributed by atoms with Gasteiger partial charge in [0.25, 0.3) is 5.56 Å². The highest BCUT2D eigenvalue weighted by atomic mass is 16.3. The molecule has 2 aromatic heterocycles. The number of piperidine rings is 1. The van der Waals surface area contributed by atoms with Crippen molar-refractivity contribution in [2.75, 3.05) is 13.1 Å². The summed E-state index contributed by atoms with van der Waals surface area (Å²) in [5, 5.41) is 10.7. The van der Waals surface area contributed by atoms with Gasteiger partial charge in [0.2, 0.25) is 0 Å². The summed E-state index contributed by atoms with van der Waals surface area (Å²) in [7, 11) is 0. The molecule has 1 aliphatic rings. The van der Waals surface area contributed by atoms with E-state index in [9.17, 15) is 9.90 Å². The Morgan fingerprint density at radius 2 is 1.92 bits per heavy atom. The third kappa shape index (κ3) is 3.47. The van der Waals surface area contributed by atoms with Gasteiger partial charge in [0.1, 0.15) is 5.75 Å². The van der Waals surface area contributed by atoms with Crippen LogP contribution in [0.1, 0.15) is 49.6 Å². The van der Waals surface area contributed by atoms with Crippen LogP contribution in [-0.2, 0) is 6.54 Å². The first kappa shape index (κ1) is 17.7. The largest absolute Gasteiger partial charge is 0.507 e. The normalized spacial score (nSPS) is 17.6. The van der Waals surface area contributed by atoms with Crippen molar-refractivity contribution in [3.63, 3.8) is 0 Å². The van der Waals surface area contributed by atoms with E-state index >= 15 is 0 Å². The SMILES string of the molecule is CCn1c(C)cc(O)c([C@H](c2ccncc2)N2CCC(C)CC2)c1=O. The molecule has 1 saturated heterocycles. The standard InChI is InChI=1S/C20H27N3O2/c1-4-23-15(3)13-17(24)18(20(23)25)19(16-5-9-21-10-6-16)22-11-7-14(2)8-12-22/h5-6,9-10,13-14,19,24H,4,7-8,11-12H2,1-3H3/t19-/m0/s1. The summed E-state index contributed by atoms with van der Waals surface area (Å²) in [6.45, 7) is 8.53. The molecule has 0 aliphatic carbocycles.